The van der Waals surface area contributed by atoms with Crippen molar-refractivity contribution >= 4 is 14.4 Å². The highest BCUT2D eigenvalue weighted by Gasteiger charge is 2.49. The highest BCUT2D eigenvalue weighted by atomic mass is 28.4. The van der Waals surface area contributed by atoms with E-state index in [1.807, 2.05) is 31.7 Å². The second kappa shape index (κ2) is 9.88. The van der Waals surface area contributed by atoms with Crippen LogP contribution in [-0.4, -0.2) is 37.0 Å². The zero-order valence-corrected chi connectivity index (χ0v) is 23.4. The van der Waals surface area contributed by atoms with Crippen LogP contribution in [0.4, 0.5) is 4.79 Å². The molecule has 1 aliphatic heterocycles. The molecule has 4 nitrogen and oxygen atoms in total. The summed E-state index contributed by atoms with van der Waals surface area (Å²) in [6, 6.07) is 10.6. The lowest BCUT2D eigenvalue weighted by molar-refractivity contribution is -0.0101. The van der Waals surface area contributed by atoms with Gasteiger partial charge in [-0.3, -0.25) is 4.90 Å². The standard InChI is InChI=1S/C27H47NO3Si/c1-19(2)20(3)22-17-18-23(28(22)25(29)30-26(4,5)6)24(21-15-13-12-14-16-21)31-32(10,11)27(7,8)9/h12-16,19-20,22-24H,17-18H2,1-11H3/t20?,22-,23+,24+/m0/s1. The topological polar surface area (TPSA) is 38.8 Å². The van der Waals surface area contributed by atoms with Crippen LogP contribution in [0.25, 0.3) is 0 Å². The first kappa shape index (κ1) is 26.9. The Bertz CT molecular complexity index is 748. The largest absolute Gasteiger partial charge is 0.444 e. The van der Waals surface area contributed by atoms with Crippen molar-refractivity contribution in [3.05, 3.63) is 35.9 Å². The Morgan fingerprint density at radius 2 is 1.50 bits per heavy atom. The summed E-state index contributed by atoms with van der Waals surface area (Å²) in [5.74, 6) is 0.872. The van der Waals surface area contributed by atoms with Crippen LogP contribution in [0.3, 0.4) is 0 Å². The lowest BCUT2D eigenvalue weighted by atomic mass is 9.89. The predicted molar refractivity (Wildman–Crippen MR) is 136 cm³/mol. The SMILES string of the molecule is CC(C)C(C)[C@@H]1CC[C@H]([C@H](O[Si](C)(C)C(C)(C)C)c2ccccc2)N1C(=O)OC(C)(C)C. The van der Waals surface area contributed by atoms with Crippen molar-refractivity contribution in [3.63, 3.8) is 0 Å². The Morgan fingerprint density at radius 3 is 1.97 bits per heavy atom. The Hall–Kier alpha value is -1.33. The molecule has 0 saturated carbocycles. The van der Waals surface area contributed by atoms with Gasteiger partial charge in [0.05, 0.1) is 12.1 Å². The van der Waals surface area contributed by atoms with Gasteiger partial charge in [0.2, 0.25) is 0 Å². The van der Waals surface area contributed by atoms with Crippen LogP contribution in [0.15, 0.2) is 30.3 Å². The predicted octanol–water partition coefficient (Wildman–Crippen LogP) is 7.81. The molecule has 0 spiro atoms. The first-order valence-corrected chi connectivity index (χ1v) is 15.2. The molecule has 1 aromatic carbocycles. The smallest absolute Gasteiger partial charge is 0.410 e. The molecule has 0 bridgehead atoms. The minimum absolute atomic E-state index is 0.0347. The molecule has 32 heavy (non-hydrogen) atoms. The zero-order chi connectivity index (χ0) is 24.5. The average Bonchev–Trinajstić information content (AvgIpc) is 3.08. The number of rotatable bonds is 6. The molecule has 0 aliphatic carbocycles. The van der Waals surface area contributed by atoms with E-state index in [1.54, 1.807) is 0 Å². The maximum atomic E-state index is 13.6. The normalized spacial score (nSPS) is 22.2. The minimum Gasteiger partial charge on any atom is -0.444 e. The van der Waals surface area contributed by atoms with Crippen LogP contribution >= 0.6 is 0 Å². The lowest BCUT2D eigenvalue weighted by Crippen LogP contribution is -2.51. The Labute approximate surface area is 198 Å². The molecule has 2 rings (SSSR count). The van der Waals surface area contributed by atoms with Gasteiger partial charge in [0.1, 0.15) is 5.60 Å². The van der Waals surface area contributed by atoms with Gasteiger partial charge in [0.15, 0.2) is 8.32 Å². The van der Waals surface area contributed by atoms with E-state index in [9.17, 15) is 4.79 Å². The van der Waals surface area contributed by atoms with Gasteiger partial charge in [0.25, 0.3) is 0 Å². The summed E-state index contributed by atoms with van der Waals surface area (Å²) in [6.45, 7) is 24.0. The van der Waals surface area contributed by atoms with Crippen molar-refractivity contribution in [3.8, 4) is 0 Å². The maximum absolute atomic E-state index is 13.6. The molecule has 4 atom stereocenters. The van der Waals surface area contributed by atoms with Crippen molar-refractivity contribution in [2.24, 2.45) is 11.8 Å². The number of amides is 1. The van der Waals surface area contributed by atoms with Crippen LogP contribution in [0.2, 0.25) is 18.1 Å². The van der Waals surface area contributed by atoms with Gasteiger partial charge in [-0.2, -0.15) is 0 Å². The Balaban J connectivity index is 2.52. The molecule has 182 valence electrons. The first-order valence-electron chi connectivity index (χ1n) is 12.3. The highest BCUT2D eigenvalue weighted by Crippen LogP contribution is 2.45. The van der Waals surface area contributed by atoms with Crippen LogP contribution in [0, 0.1) is 11.8 Å². The third kappa shape index (κ3) is 6.38. The molecule has 1 aromatic rings. The van der Waals surface area contributed by atoms with Crippen molar-refractivity contribution in [1.29, 1.82) is 0 Å². The Kier molecular flexibility index (Phi) is 8.31. The summed E-state index contributed by atoms with van der Waals surface area (Å²) in [5.41, 5.74) is 0.618. The van der Waals surface area contributed by atoms with Crippen molar-refractivity contribution < 1.29 is 14.0 Å². The number of carbonyl (C=O) groups excluding carboxylic acids is 1. The monoisotopic (exact) mass is 461 g/mol. The number of ether oxygens (including phenoxy) is 1. The summed E-state index contributed by atoms with van der Waals surface area (Å²) in [7, 11) is -2.08. The third-order valence-corrected chi connectivity index (χ3v) is 11.9. The van der Waals surface area contributed by atoms with Gasteiger partial charge in [0, 0.05) is 6.04 Å². The van der Waals surface area contributed by atoms with Crippen molar-refractivity contribution in [2.75, 3.05) is 0 Å². The molecule has 1 unspecified atom stereocenters. The second-order valence-electron chi connectivity index (χ2n) is 12.4. The van der Waals surface area contributed by atoms with E-state index >= 15 is 0 Å². The van der Waals surface area contributed by atoms with Crippen LogP contribution in [-0.2, 0) is 9.16 Å². The van der Waals surface area contributed by atoms with Crippen LogP contribution in [0.1, 0.15) is 86.8 Å². The number of likely N-dealkylation sites (tertiary alicyclic amines) is 1. The quantitative estimate of drug-likeness (QED) is 0.405. The van der Waals surface area contributed by atoms with E-state index in [4.69, 9.17) is 9.16 Å². The summed E-state index contributed by atoms with van der Waals surface area (Å²) in [4.78, 5) is 15.6. The number of nitrogens with zero attached hydrogens (tertiary/aromatic N) is 1. The molecule has 0 radical (unpaired) electrons. The number of hydrogen-bond donors (Lipinski definition) is 0. The van der Waals surface area contributed by atoms with Gasteiger partial charge >= 0.3 is 6.09 Å². The lowest BCUT2D eigenvalue weighted by Gasteiger charge is -2.44. The van der Waals surface area contributed by atoms with E-state index in [1.165, 1.54) is 0 Å². The first-order chi connectivity index (χ1) is 14.5. The van der Waals surface area contributed by atoms with Gasteiger partial charge in [-0.05, 0) is 69.1 Å². The minimum atomic E-state index is -2.08. The number of hydrogen-bond acceptors (Lipinski definition) is 3. The molecular formula is C27H47NO3Si. The maximum Gasteiger partial charge on any atom is 0.410 e. The highest BCUT2D eigenvalue weighted by molar-refractivity contribution is 6.74. The van der Waals surface area contributed by atoms with E-state index in [0.29, 0.717) is 11.8 Å². The fourth-order valence-corrected chi connectivity index (χ4v) is 5.50. The van der Waals surface area contributed by atoms with E-state index < -0.39 is 13.9 Å². The summed E-state index contributed by atoms with van der Waals surface area (Å²) in [5, 5.41) is 0.0833. The fourth-order valence-electron chi connectivity index (χ4n) is 4.21. The number of benzene rings is 1. The van der Waals surface area contributed by atoms with E-state index in [0.717, 1.165) is 18.4 Å². The van der Waals surface area contributed by atoms with Crippen LogP contribution < -0.4 is 0 Å². The van der Waals surface area contributed by atoms with Gasteiger partial charge in [-0.15, -0.1) is 0 Å². The fraction of sp³-hybridized carbons (Fsp3) is 0.741. The number of carbonyl (C=O) groups is 1. The van der Waals surface area contributed by atoms with Crippen LogP contribution in [0.5, 0.6) is 0 Å². The molecular weight excluding hydrogens is 414 g/mol. The van der Waals surface area contributed by atoms with Gasteiger partial charge in [-0.1, -0.05) is 71.9 Å². The molecule has 1 saturated heterocycles. The Morgan fingerprint density at radius 1 is 0.969 bits per heavy atom. The van der Waals surface area contributed by atoms with E-state index in [2.05, 4.69) is 78.9 Å². The van der Waals surface area contributed by atoms with Gasteiger partial charge in [-0.25, -0.2) is 4.79 Å². The summed E-state index contributed by atoms with van der Waals surface area (Å²) in [6.07, 6.45) is 1.54. The summed E-state index contributed by atoms with van der Waals surface area (Å²) >= 11 is 0. The molecule has 0 aromatic heterocycles. The second-order valence-corrected chi connectivity index (χ2v) is 17.2. The van der Waals surface area contributed by atoms with Crippen molar-refractivity contribution in [2.45, 2.75) is 117 Å². The zero-order valence-electron chi connectivity index (χ0n) is 22.4. The molecule has 1 fully saturated rings. The molecule has 1 amide bonds. The third-order valence-electron chi connectivity index (χ3n) is 7.44. The molecule has 5 heteroatoms. The average molecular weight is 462 g/mol. The molecule has 1 heterocycles. The van der Waals surface area contributed by atoms with E-state index in [-0.39, 0.29) is 29.3 Å². The van der Waals surface area contributed by atoms with Crippen molar-refractivity contribution in [1.82, 2.24) is 4.90 Å². The molecule has 1 aliphatic rings. The molecule has 0 N–H and O–H groups in total. The van der Waals surface area contributed by atoms with Gasteiger partial charge < -0.3 is 9.16 Å². The summed E-state index contributed by atoms with van der Waals surface area (Å²) < 4.78 is 13.0.